The summed E-state index contributed by atoms with van der Waals surface area (Å²) in [4.78, 5) is 0. The minimum atomic E-state index is -1.14. The second-order valence-corrected chi connectivity index (χ2v) is 3.48. The monoisotopic (exact) mass is 207 g/mol. The minimum absolute atomic E-state index is 0.0354. The highest BCUT2D eigenvalue weighted by Gasteiger charge is 2.18. The topological polar surface area (TPSA) is 84.5 Å². The molecule has 2 unspecified atom stereocenters. The largest absolute Gasteiger partial charge is 0.508 e. The highest BCUT2D eigenvalue weighted by atomic mass is 16.3. The van der Waals surface area contributed by atoms with Crippen LogP contribution in [0, 0.1) is 18.3 Å². The summed E-state index contributed by atoms with van der Waals surface area (Å²) in [7, 11) is 0. The third-order valence-electron chi connectivity index (χ3n) is 2.09. The van der Waals surface area contributed by atoms with Gasteiger partial charge in [-0.15, -0.1) is 0 Å². The minimum Gasteiger partial charge on any atom is -0.508 e. The van der Waals surface area contributed by atoms with E-state index >= 15 is 0 Å². The van der Waals surface area contributed by atoms with Crippen molar-refractivity contribution in [2.45, 2.75) is 25.6 Å². The SMILES string of the molecule is Cc1cc(O)cc(C(O)C(O)CC#N)c1. The maximum absolute atomic E-state index is 9.66. The lowest BCUT2D eigenvalue weighted by Gasteiger charge is -2.16. The first-order valence-electron chi connectivity index (χ1n) is 4.58. The quantitative estimate of drug-likeness (QED) is 0.690. The molecule has 0 fully saturated rings. The van der Waals surface area contributed by atoms with E-state index in [2.05, 4.69) is 0 Å². The Kier molecular flexibility index (Phi) is 3.67. The smallest absolute Gasteiger partial charge is 0.116 e. The van der Waals surface area contributed by atoms with Gasteiger partial charge in [-0.25, -0.2) is 0 Å². The molecule has 1 aromatic carbocycles. The van der Waals surface area contributed by atoms with Crippen molar-refractivity contribution in [2.75, 3.05) is 0 Å². The van der Waals surface area contributed by atoms with Crippen molar-refractivity contribution in [1.29, 1.82) is 5.26 Å². The third kappa shape index (κ3) is 2.94. The molecule has 0 aliphatic carbocycles. The van der Waals surface area contributed by atoms with Crippen molar-refractivity contribution >= 4 is 0 Å². The zero-order valence-electron chi connectivity index (χ0n) is 8.38. The molecule has 80 valence electrons. The molecule has 15 heavy (non-hydrogen) atoms. The van der Waals surface area contributed by atoms with E-state index in [1.807, 2.05) is 0 Å². The number of nitrogens with zero attached hydrogens (tertiary/aromatic N) is 1. The van der Waals surface area contributed by atoms with E-state index < -0.39 is 12.2 Å². The molecule has 0 aliphatic heterocycles. The highest BCUT2D eigenvalue weighted by Crippen LogP contribution is 2.24. The van der Waals surface area contributed by atoms with Crippen molar-refractivity contribution in [3.8, 4) is 11.8 Å². The summed E-state index contributed by atoms with van der Waals surface area (Å²) in [5.74, 6) is 0.0354. The molecule has 0 radical (unpaired) electrons. The molecule has 0 saturated heterocycles. The Morgan fingerprint density at radius 1 is 1.33 bits per heavy atom. The van der Waals surface area contributed by atoms with Gasteiger partial charge in [-0.2, -0.15) is 5.26 Å². The average molecular weight is 207 g/mol. The van der Waals surface area contributed by atoms with Crippen molar-refractivity contribution < 1.29 is 15.3 Å². The van der Waals surface area contributed by atoms with Crippen LogP contribution in [0.3, 0.4) is 0 Å². The van der Waals surface area contributed by atoms with Crippen molar-refractivity contribution in [3.63, 3.8) is 0 Å². The van der Waals surface area contributed by atoms with Crippen molar-refractivity contribution in [1.82, 2.24) is 0 Å². The van der Waals surface area contributed by atoms with Crippen LogP contribution >= 0.6 is 0 Å². The molecule has 0 aliphatic rings. The van der Waals surface area contributed by atoms with Crippen LogP contribution in [0.5, 0.6) is 5.75 Å². The summed E-state index contributed by atoms with van der Waals surface area (Å²) in [5.41, 5.74) is 1.20. The van der Waals surface area contributed by atoms with Crippen molar-refractivity contribution in [2.24, 2.45) is 0 Å². The van der Waals surface area contributed by atoms with Gasteiger partial charge < -0.3 is 15.3 Å². The van der Waals surface area contributed by atoms with Crippen LogP contribution < -0.4 is 0 Å². The van der Waals surface area contributed by atoms with Gasteiger partial charge in [0.05, 0.1) is 18.6 Å². The molecule has 3 N–H and O–H groups in total. The molecule has 0 saturated carbocycles. The number of phenolic OH excluding ortho intramolecular Hbond substituents is 1. The van der Waals surface area contributed by atoms with Gasteiger partial charge in [0, 0.05) is 0 Å². The summed E-state index contributed by atoms with van der Waals surface area (Å²) >= 11 is 0. The van der Waals surface area contributed by atoms with E-state index in [0.29, 0.717) is 5.56 Å². The molecule has 4 nitrogen and oxygen atoms in total. The fourth-order valence-electron chi connectivity index (χ4n) is 1.39. The van der Waals surface area contributed by atoms with Gasteiger partial charge in [-0.1, -0.05) is 6.07 Å². The number of hydrogen-bond donors (Lipinski definition) is 3. The molecule has 0 aromatic heterocycles. The molecule has 4 heteroatoms. The number of rotatable bonds is 3. The molecular weight excluding hydrogens is 194 g/mol. The van der Waals surface area contributed by atoms with Crippen molar-refractivity contribution in [3.05, 3.63) is 29.3 Å². The summed E-state index contributed by atoms with van der Waals surface area (Å²) < 4.78 is 0. The number of benzene rings is 1. The second-order valence-electron chi connectivity index (χ2n) is 3.48. The van der Waals surface area contributed by atoms with Crippen LogP contribution in [0.25, 0.3) is 0 Å². The van der Waals surface area contributed by atoms with Crippen LogP contribution in [0.4, 0.5) is 0 Å². The maximum Gasteiger partial charge on any atom is 0.116 e. The molecule has 0 heterocycles. The number of phenols is 1. The first kappa shape index (κ1) is 11.5. The zero-order chi connectivity index (χ0) is 11.4. The summed E-state index contributed by atoms with van der Waals surface area (Å²) in [6.45, 7) is 1.77. The molecular formula is C11H13NO3. The molecule has 0 bridgehead atoms. The zero-order valence-corrected chi connectivity index (χ0v) is 8.38. The van der Waals surface area contributed by atoms with Crippen LogP contribution in [-0.4, -0.2) is 21.4 Å². The Morgan fingerprint density at radius 3 is 2.53 bits per heavy atom. The standard InChI is InChI=1S/C11H13NO3/c1-7-4-8(6-9(13)5-7)11(15)10(14)2-3-12/h4-6,10-11,13-15H,2H2,1H3. The molecule has 1 rings (SSSR count). The average Bonchev–Trinajstić information content (AvgIpc) is 2.15. The van der Waals surface area contributed by atoms with Gasteiger partial charge in [-0.3, -0.25) is 0 Å². The van der Waals surface area contributed by atoms with Gasteiger partial charge in [-0.05, 0) is 30.2 Å². The van der Waals surface area contributed by atoms with E-state index in [0.717, 1.165) is 5.56 Å². The molecule has 0 amide bonds. The Morgan fingerprint density at radius 2 is 2.00 bits per heavy atom. The number of aliphatic hydroxyl groups is 2. The Labute approximate surface area is 88.0 Å². The maximum atomic E-state index is 9.66. The second kappa shape index (κ2) is 4.78. The van der Waals surface area contributed by atoms with Gasteiger partial charge in [0.2, 0.25) is 0 Å². The van der Waals surface area contributed by atoms with E-state index in [1.54, 1.807) is 25.1 Å². The number of hydrogen-bond acceptors (Lipinski definition) is 4. The Balaban J connectivity index is 2.91. The van der Waals surface area contributed by atoms with Crippen LogP contribution in [0.15, 0.2) is 18.2 Å². The van der Waals surface area contributed by atoms with Gasteiger partial charge in [0.15, 0.2) is 0 Å². The first-order valence-corrected chi connectivity index (χ1v) is 4.58. The number of aromatic hydroxyl groups is 1. The summed E-state index contributed by atoms with van der Waals surface area (Å²) in [6, 6.07) is 6.35. The third-order valence-corrected chi connectivity index (χ3v) is 2.09. The molecule has 0 spiro atoms. The van der Waals surface area contributed by atoms with E-state index in [4.69, 9.17) is 5.26 Å². The Bertz CT molecular complexity index is 364. The van der Waals surface area contributed by atoms with E-state index in [9.17, 15) is 15.3 Å². The predicted molar refractivity (Wildman–Crippen MR) is 54.0 cm³/mol. The number of aryl methyl sites for hydroxylation is 1. The summed E-state index contributed by atoms with van der Waals surface area (Å²) in [6.07, 6.45) is -2.41. The molecule has 1 aromatic rings. The van der Waals surface area contributed by atoms with Gasteiger partial charge in [0.25, 0.3) is 0 Å². The highest BCUT2D eigenvalue weighted by molar-refractivity contribution is 5.34. The van der Waals surface area contributed by atoms with Crippen LogP contribution in [-0.2, 0) is 0 Å². The van der Waals surface area contributed by atoms with Crippen LogP contribution in [0.1, 0.15) is 23.7 Å². The fraction of sp³-hybridized carbons (Fsp3) is 0.364. The fourth-order valence-corrected chi connectivity index (χ4v) is 1.39. The predicted octanol–water partition coefficient (Wildman–Crippen LogP) is 1.01. The lowest BCUT2D eigenvalue weighted by atomic mass is 10.0. The number of aliphatic hydroxyl groups excluding tert-OH is 2. The number of nitriles is 1. The normalized spacial score (nSPS) is 14.3. The van der Waals surface area contributed by atoms with Gasteiger partial charge in [0.1, 0.15) is 11.9 Å². The van der Waals surface area contributed by atoms with E-state index in [-0.39, 0.29) is 12.2 Å². The first-order chi connectivity index (χ1) is 7.04. The van der Waals surface area contributed by atoms with E-state index in [1.165, 1.54) is 6.07 Å². The van der Waals surface area contributed by atoms with Crippen LogP contribution in [0.2, 0.25) is 0 Å². The Hall–Kier alpha value is -1.57. The van der Waals surface area contributed by atoms with Gasteiger partial charge >= 0.3 is 0 Å². The molecule has 2 atom stereocenters. The lowest BCUT2D eigenvalue weighted by molar-refractivity contribution is 0.0215. The lowest BCUT2D eigenvalue weighted by Crippen LogP contribution is -2.17. The summed E-state index contributed by atoms with van der Waals surface area (Å²) in [5, 5.41) is 36.7.